The summed E-state index contributed by atoms with van der Waals surface area (Å²) in [6.07, 6.45) is -5.69. The smallest absolute Gasteiger partial charge is 0.242 e. The lowest BCUT2D eigenvalue weighted by Crippen LogP contribution is -2.18. The molecule has 2 rings (SSSR count). The highest BCUT2D eigenvalue weighted by Crippen LogP contribution is 2.47. The molecule has 1 aliphatic rings. The van der Waals surface area contributed by atoms with Crippen molar-refractivity contribution in [1.29, 1.82) is 0 Å². The predicted octanol–water partition coefficient (Wildman–Crippen LogP) is 5.04. The minimum absolute atomic E-state index is 0.0125. The van der Waals surface area contributed by atoms with Gasteiger partial charge in [0.2, 0.25) is 0 Å². The van der Waals surface area contributed by atoms with E-state index in [1.54, 1.807) is 13.8 Å². The van der Waals surface area contributed by atoms with Crippen molar-refractivity contribution in [2.24, 2.45) is 0 Å². The van der Waals surface area contributed by atoms with Crippen LogP contribution in [0.1, 0.15) is 67.1 Å². The average Bonchev–Trinajstić information content (AvgIpc) is 3.18. The fourth-order valence-electron chi connectivity index (χ4n) is 2.71. The molecule has 1 nitrogen and oxygen atoms in total. The van der Waals surface area contributed by atoms with Crippen molar-refractivity contribution in [3.63, 3.8) is 0 Å². The SMILES string of the molecule is CCc1c(C(F)F)nc(C(F)(F)F)c(CC)c1C1CC1. The summed E-state index contributed by atoms with van der Waals surface area (Å²) in [5.41, 5.74) is -0.936. The lowest BCUT2D eigenvalue weighted by atomic mass is 9.91. The Bertz CT molecular complexity index is 503. The fraction of sp³-hybridized carbons (Fsp3) is 0.643. The lowest BCUT2D eigenvalue weighted by Gasteiger charge is -2.21. The summed E-state index contributed by atoms with van der Waals surface area (Å²) >= 11 is 0. The van der Waals surface area contributed by atoms with Crippen molar-refractivity contribution in [1.82, 2.24) is 4.98 Å². The third-order valence-electron chi connectivity index (χ3n) is 3.65. The number of hydrogen-bond acceptors (Lipinski definition) is 1. The second kappa shape index (κ2) is 5.30. The summed E-state index contributed by atoms with van der Waals surface area (Å²) in [6, 6.07) is 0. The maximum Gasteiger partial charge on any atom is 0.433 e. The molecule has 0 N–H and O–H groups in total. The molecule has 112 valence electrons. The molecule has 0 unspecified atom stereocenters. The van der Waals surface area contributed by atoms with E-state index in [9.17, 15) is 22.0 Å². The summed E-state index contributed by atoms with van der Waals surface area (Å²) in [6.45, 7) is 3.29. The molecular formula is C14H16F5N. The van der Waals surface area contributed by atoms with Gasteiger partial charge >= 0.3 is 6.18 Å². The topological polar surface area (TPSA) is 12.9 Å². The summed E-state index contributed by atoms with van der Waals surface area (Å²) < 4.78 is 65.3. The molecule has 0 saturated heterocycles. The van der Waals surface area contributed by atoms with E-state index in [1.165, 1.54) is 0 Å². The van der Waals surface area contributed by atoms with Crippen LogP contribution in [-0.4, -0.2) is 4.98 Å². The van der Waals surface area contributed by atoms with Gasteiger partial charge in [-0.2, -0.15) is 13.2 Å². The van der Waals surface area contributed by atoms with Gasteiger partial charge in [-0.05, 0) is 48.3 Å². The fourth-order valence-corrected chi connectivity index (χ4v) is 2.71. The first-order chi connectivity index (χ1) is 9.31. The number of nitrogens with zero attached hydrogens (tertiary/aromatic N) is 1. The van der Waals surface area contributed by atoms with Crippen LogP contribution in [0.4, 0.5) is 22.0 Å². The summed E-state index contributed by atoms with van der Waals surface area (Å²) in [4.78, 5) is 3.28. The summed E-state index contributed by atoms with van der Waals surface area (Å²) in [5.74, 6) is -0.0125. The van der Waals surface area contributed by atoms with Gasteiger partial charge in [-0.3, -0.25) is 0 Å². The van der Waals surface area contributed by atoms with Gasteiger partial charge in [0.15, 0.2) is 0 Å². The number of aromatic nitrogens is 1. The highest BCUT2D eigenvalue weighted by atomic mass is 19.4. The highest BCUT2D eigenvalue weighted by molar-refractivity contribution is 5.46. The zero-order valence-corrected chi connectivity index (χ0v) is 11.3. The van der Waals surface area contributed by atoms with Gasteiger partial charge in [0.25, 0.3) is 6.43 Å². The molecule has 6 heteroatoms. The van der Waals surface area contributed by atoms with E-state index in [0.717, 1.165) is 12.8 Å². The summed E-state index contributed by atoms with van der Waals surface area (Å²) in [5, 5.41) is 0. The molecule has 1 heterocycles. The third kappa shape index (κ3) is 2.65. The molecule has 0 radical (unpaired) electrons. The Balaban J connectivity index is 2.76. The van der Waals surface area contributed by atoms with Gasteiger partial charge in [0, 0.05) is 0 Å². The molecular weight excluding hydrogens is 277 g/mol. The van der Waals surface area contributed by atoms with E-state index < -0.39 is 24.0 Å². The Morgan fingerprint density at radius 3 is 2.00 bits per heavy atom. The Hall–Kier alpha value is -1.20. The maximum absolute atomic E-state index is 13.1. The molecule has 0 atom stereocenters. The van der Waals surface area contributed by atoms with Crippen LogP contribution >= 0.6 is 0 Å². The first kappa shape index (κ1) is 15.2. The van der Waals surface area contributed by atoms with Gasteiger partial charge in [-0.25, -0.2) is 13.8 Å². The van der Waals surface area contributed by atoms with Crippen LogP contribution in [0.25, 0.3) is 0 Å². The third-order valence-corrected chi connectivity index (χ3v) is 3.65. The van der Waals surface area contributed by atoms with Crippen molar-refractivity contribution in [3.05, 3.63) is 28.1 Å². The zero-order valence-electron chi connectivity index (χ0n) is 11.3. The average molecular weight is 293 g/mol. The molecule has 0 aromatic carbocycles. The summed E-state index contributed by atoms with van der Waals surface area (Å²) in [7, 11) is 0. The van der Waals surface area contributed by atoms with Gasteiger partial charge in [-0.15, -0.1) is 0 Å². The predicted molar refractivity (Wildman–Crippen MR) is 64.9 cm³/mol. The standard InChI is InChI=1S/C14H16F5N/c1-3-8-10(7-5-6-7)9(4-2)12(14(17,18)19)20-11(8)13(15)16/h7,13H,3-6H2,1-2H3. The molecule has 1 saturated carbocycles. The number of alkyl halides is 5. The maximum atomic E-state index is 13.1. The van der Waals surface area contributed by atoms with Crippen LogP contribution < -0.4 is 0 Å². The van der Waals surface area contributed by atoms with Crippen LogP contribution in [-0.2, 0) is 19.0 Å². The molecule has 0 spiro atoms. The number of hydrogen-bond donors (Lipinski definition) is 0. The molecule has 1 aliphatic carbocycles. The highest BCUT2D eigenvalue weighted by Gasteiger charge is 2.41. The normalized spacial score (nSPS) is 16.0. The Kier molecular flexibility index (Phi) is 4.02. The second-order valence-corrected chi connectivity index (χ2v) is 5.00. The van der Waals surface area contributed by atoms with Gasteiger partial charge in [0.05, 0.1) is 0 Å². The quantitative estimate of drug-likeness (QED) is 0.709. The van der Waals surface area contributed by atoms with E-state index in [0.29, 0.717) is 11.1 Å². The molecule has 20 heavy (non-hydrogen) atoms. The Morgan fingerprint density at radius 2 is 1.65 bits per heavy atom. The van der Waals surface area contributed by atoms with E-state index in [4.69, 9.17) is 0 Å². The van der Waals surface area contributed by atoms with Crippen LogP contribution in [0, 0.1) is 0 Å². The van der Waals surface area contributed by atoms with Crippen LogP contribution in [0.5, 0.6) is 0 Å². The van der Waals surface area contributed by atoms with Gasteiger partial charge < -0.3 is 0 Å². The minimum Gasteiger partial charge on any atom is -0.242 e. The first-order valence-corrected chi connectivity index (χ1v) is 6.72. The lowest BCUT2D eigenvalue weighted by molar-refractivity contribution is -0.142. The Morgan fingerprint density at radius 1 is 1.10 bits per heavy atom. The van der Waals surface area contributed by atoms with Crippen molar-refractivity contribution < 1.29 is 22.0 Å². The van der Waals surface area contributed by atoms with Crippen molar-refractivity contribution in [3.8, 4) is 0 Å². The van der Waals surface area contributed by atoms with Crippen LogP contribution in [0.3, 0.4) is 0 Å². The van der Waals surface area contributed by atoms with E-state index in [-0.39, 0.29) is 24.3 Å². The molecule has 1 fully saturated rings. The Labute approximate surface area is 114 Å². The van der Waals surface area contributed by atoms with Crippen molar-refractivity contribution in [2.75, 3.05) is 0 Å². The minimum atomic E-state index is -4.69. The van der Waals surface area contributed by atoms with Crippen molar-refractivity contribution >= 4 is 0 Å². The first-order valence-electron chi connectivity index (χ1n) is 6.72. The molecule has 1 aromatic rings. The van der Waals surface area contributed by atoms with Crippen LogP contribution in [0.2, 0.25) is 0 Å². The van der Waals surface area contributed by atoms with E-state index in [2.05, 4.69) is 4.98 Å². The van der Waals surface area contributed by atoms with Gasteiger partial charge in [-0.1, -0.05) is 13.8 Å². The second-order valence-electron chi connectivity index (χ2n) is 5.00. The number of pyridine rings is 1. The number of rotatable bonds is 4. The zero-order chi connectivity index (χ0) is 15.1. The van der Waals surface area contributed by atoms with Crippen LogP contribution in [0.15, 0.2) is 0 Å². The molecule has 0 amide bonds. The van der Waals surface area contributed by atoms with E-state index in [1.807, 2.05) is 0 Å². The van der Waals surface area contributed by atoms with E-state index >= 15 is 0 Å². The molecule has 0 bridgehead atoms. The largest absolute Gasteiger partial charge is 0.433 e. The monoisotopic (exact) mass is 293 g/mol. The molecule has 0 aliphatic heterocycles. The number of halogens is 5. The van der Waals surface area contributed by atoms with Crippen molar-refractivity contribution in [2.45, 2.75) is 58.1 Å². The van der Waals surface area contributed by atoms with Gasteiger partial charge in [0.1, 0.15) is 11.4 Å². The molecule has 1 aromatic heterocycles.